The number of ether oxygens (including phenoxy) is 4. The summed E-state index contributed by atoms with van der Waals surface area (Å²) in [6, 6.07) is 0. The monoisotopic (exact) mass is 1230 g/mol. The highest BCUT2D eigenvalue weighted by Crippen LogP contribution is 2.14. The van der Waals surface area contributed by atoms with Crippen molar-refractivity contribution in [2.75, 3.05) is 47.5 Å². The van der Waals surface area contributed by atoms with Gasteiger partial charge in [-0.25, -0.2) is 4.79 Å². The summed E-state index contributed by atoms with van der Waals surface area (Å²) in [4.78, 5) is 37.6. The molecule has 0 aromatic carbocycles. The van der Waals surface area contributed by atoms with Crippen LogP contribution in [0.25, 0.3) is 0 Å². The van der Waals surface area contributed by atoms with Crippen LogP contribution in [0.4, 0.5) is 0 Å². The average Bonchev–Trinajstić information content (AvgIpc) is 3.70. The molecule has 0 fully saturated rings. The quantitative estimate of drug-likeness (QED) is 0.0211. The number of likely N-dealkylation sites (N-methyl/N-ethyl adjacent to an activating group) is 1. The first-order valence-corrected chi connectivity index (χ1v) is 34.6. The van der Waals surface area contributed by atoms with Crippen LogP contribution in [0, 0.1) is 0 Å². The van der Waals surface area contributed by atoms with Gasteiger partial charge in [0.1, 0.15) is 13.2 Å². The Balaban J connectivity index is 4.27. The minimum absolute atomic E-state index is 0.172. The molecule has 0 amide bonds. The maximum Gasteiger partial charge on any atom is 0.361 e. The minimum Gasteiger partial charge on any atom is -0.477 e. The molecule has 0 radical (unpaired) electrons. The molecule has 498 valence electrons. The van der Waals surface area contributed by atoms with Gasteiger partial charge in [-0.15, -0.1) is 0 Å². The Labute approximate surface area is 544 Å². The summed E-state index contributed by atoms with van der Waals surface area (Å²) in [5.74, 6) is -2.06. The van der Waals surface area contributed by atoms with Gasteiger partial charge in [0.05, 0.1) is 34.4 Å². The maximum absolute atomic E-state index is 12.9. The summed E-state index contributed by atoms with van der Waals surface area (Å²) in [6.07, 6.45) is 102. The van der Waals surface area contributed by atoms with Gasteiger partial charge >= 0.3 is 17.9 Å². The normalized spacial score (nSPS) is 13.9. The number of carbonyl (C=O) groups excluding carboxylic acids is 2. The molecule has 0 aromatic heterocycles. The number of esters is 2. The second-order valence-electron chi connectivity index (χ2n) is 23.4. The summed E-state index contributed by atoms with van der Waals surface area (Å²) in [5.41, 5.74) is 0. The van der Waals surface area contributed by atoms with E-state index in [0.717, 1.165) is 173 Å². The number of unbranched alkanes of at least 4 members (excludes halogenated alkanes) is 14. The summed E-state index contributed by atoms with van der Waals surface area (Å²) >= 11 is 0. The number of aliphatic carboxylic acids is 1. The molecule has 1 N–H and O–H groups in total. The molecule has 0 aliphatic carbocycles. The molecule has 0 aromatic rings. The van der Waals surface area contributed by atoms with Crippen molar-refractivity contribution in [1.29, 1.82) is 0 Å². The smallest absolute Gasteiger partial charge is 0.361 e. The third-order valence-electron chi connectivity index (χ3n) is 13.8. The molecule has 0 saturated carbocycles. The van der Waals surface area contributed by atoms with E-state index in [0.29, 0.717) is 17.4 Å². The molecule has 2 unspecified atom stereocenters. The van der Waals surface area contributed by atoms with Crippen molar-refractivity contribution >= 4 is 17.9 Å². The Morgan fingerprint density at radius 3 is 0.899 bits per heavy atom. The maximum atomic E-state index is 12.9. The highest BCUT2D eigenvalue weighted by Gasteiger charge is 2.25. The van der Waals surface area contributed by atoms with Crippen LogP contribution in [-0.2, 0) is 33.3 Å². The standard InChI is InChI=1S/C80H125NO8/c1-6-8-10-12-14-16-18-20-22-24-26-28-30-32-34-35-36-37-38-39-40-41-42-43-45-47-49-51-53-55-57-59-61-63-65-67-69-71-78(83)89-76(75-88-80(79(84)85)86-73-72-81(3,4)5)74-87-77(82)70-68-66-64-62-60-58-56-54-52-50-48-46-44-33-31-29-27-25-23-21-19-17-15-13-11-9-7-2/h8-11,14-17,20-23,26-29,32-34,36-37,39-40,42-44,47-50,53,55,76,80H,6-7,12-13,18-19,24-25,30-31,35,38,41,45-46,51-52,54,56-75H2,1-5H3/p+1/b10-8-,11-9-,16-14-,17-15-,22-20-,23-21-,28-26-,29-27-,34-32-,37-36-,40-39-,43-42-,44-33-,49-47-,50-48-,55-53-. The lowest BCUT2D eigenvalue weighted by Crippen LogP contribution is -2.40. The van der Waals surface area contributed by atoms with Crippen LogP contribution in [-0.4, -0.2) is 87.4 Å². The van der Waals surface area contributed by atoms with Gasteiger partial charge in [-0.3, -0.25) is 9.59 Å². The Hall–Kier alpha value is -5.87. The molecule has 0 aliphatic rings. The van der Waals surface area contributed by atoms with Crippen LogP contribution in [0.3, 0.4) is 0 Å². The van der Waals surface area contributed by atoms with Crippen molar-refractivity contribution in [3.8, 4) is 0 Å². The van der Waals surface area contributed by atoms with Crippen LogP contribution >= 0.6 is 0 Å². The zero-order chi connectivity index (χ0) is 64.7. The van der Waals surface area contributed by atoms with Gasteiger partial charge in [0.15, 0.2) is 6.10 Å². The van der Waals surface area contributed by atoms with Crippen molar-refractivity contribution in [3.63, 3.8) is 0 Å². The van der Waals surface area contributed by atoms with Gasteiger partial charge in [0.25, 0.3) is 6.29 Å². The van der Waals surface area contributed by atoms with E-state index in [1.165, 1.54) is 25.7 Å². The molecule has 0 rings (SSSR count). The molecule has 89 heavy (non-hydrogen) atoms. The highest BCUT2D eigenvalue weighted by atomic mass is 16.7. The first kappa shape index (κ1) is 83.1. The number of rotatable bonds is 61. The van der Waals surface area contributed by atoms with E-state index >= 15 is 0 Å². The average molecular weight is 1230 g/mol. The first-order valence-electron chi connectivity index (χ1n) is 34.6. The fourth-order valence-corrected chi connectivity index (χ4v) is 8.63. The van der Waals surface area contributed by atoms with Gasteiger partial charge in [-0.2, -0.15) is 0 Å². The number of allylic oxidation sites excluding steroid dienone is 32. The van der Waals surface area contributed by atoms with E-state index in [1.54, 1.807) is 0 Å². The summed E-state index contributed by atoms with van der Waals surface area (Å²) in [7, 11) is 5.95. The number of carbonyl (C=O) groups is 3. The molecule has 0 bridgehead atoms. The van der Waals surface area contributed by atoms with Gasteiger partial charge in [0, 0.05) is 12.8 Å². The number of carboxylic acids is 1. The molecule has 9 nitrogen and oxygen atoms in total. The number of nitrogens with zero attached hydrogens (tertiary/aromatic N) is 1. The van der Waals surface area contributed by atoms with E-state index in [1.807, 2.05) is 21.1 Å². The van der Waals surface area contributed by atoms with E-state index < -0.39 is 24.3 Å². The summed E-state index contributed by atoms with van der Waals surface area (Å²) in [6.45, 7) is 4.59. The number of hydrogen-bond donors (Lipinski definition) is 1. The van der Waals surface area contributed by atoms with Crippen LogP contribution in [0.1, 0.15) is 232 Å². The lowest BCUT2D eigenvalue weighted by molar-refractivity contribution is -0.870. The van der Waals surface area contributed by atoms with Crippen LogP contribution in [0.15, 0.2) is 194 Å². The Kier molecular flexibility index (Phi) is 63.6. The molecule has 9 heteroatoms. The van der Waals surface area contributed by atoms with Crippen molar-refractivity contribution in [2.45, 2.75) is 245 Å². The topological polar surface area (TPSA) is 108 Å². The summed E-state index contributed by atoms with van der Waals surface area (Å²) < 4.78 is 22.9. The second-order valence-corrected chi connectivity index (χ2v) is 23.4. The second kappa shape index (κ2) is 68.0. The summed E-state index contributed by atoms with van der Waals surface area (Å²) in [5, 5.41) is 9.75. The predicted molar refractivity (Wildman–Crippen MR) is 382 cm³/mol. The van der Waals surface area contributed by atoms with Crippen LogP contribution in [0.2, 0.25) is 0 Å². The number of hydrogen-bond acceptors (Lipinski definition) is 7. The third kappa shape index (κ3) is 69.5. The molecular formula is C80H126NO8+. The van der Waals surface area contributed by atoms with Crippen molar-refractivity contribution < 1.29 is 42.9 Å². The third-order valence-corrected chi connectivity index (χ3v) is 13.8. The van der Waals surface area contributed by atoms with Gasteiger partial charge in [-0.05, 0) is 141 Å². The lowest BCUT2D eigenvalue weighted by atomic mass is 10.1. The Bertz CT molecular complexity index is 2160. The Morgan fingerprint density at radius 2 is 0.607 bits per heavy atom. The SMILES string of the molecule is CC/C=C\C/C=C\C/C=C\C/C=C\C/C=C\C/C=C\C/C=C\C/C=C\C/C=C\C/C=C\CCCCCCCCC(=O)OC(COC(=O)CCCCCCCCCC/C=C\C/C=C\C/C=C\C/C=C\C/C=C\C/C=C\CC)COC(OCC[N+](C)(C)C)C(=O)O. The fourth-order valence-electron chi connectivity index (χ4n) is 8.63. The minimum atomic E-state index is -1.53. The van der Waals surface area contributed by atoms with Gasteiger partial charge < -0.3 is 28.5 Å². The molecule has 2 atom stereocenters. The largest absolute Gasteiger partial charge is 0.477 e. The highest BCUT2D eigenvalue weighted by molar-refractivity contribution is 5.71. The predicted octanol–water partition coefficient (Wildman–Crippen LogP) is 21.8. The van der Waals surface area contributed by atoms with Crippen LogP contribution in [0.5, 0.6) is 0 Å². The number of quaternary nitrogens is 1. The van der Waals surface area contributed by atoms with Crippen LogP contribution < -0.4 is 0 Å². The zero-order valence-corrected chi connectivity index (χ0v) is 56.8. The van der Waals surface area contributed by atoms with Crippen molar-refractivity contribution in [3.05, 3.63) is 194 Å². The Morgan fingerprint density at radius 1 is 0.337 bits per heavy atom. The van der Waals surface area contributed by atoms with Crippen molar-refractivity contribution in [2.24, 2.45) is 0 Å². The van der Waals surface area contributed by atoms with E-state index in [2.05, 4.69) is 208 Å². The van der Waals surface area contributed by atoms with E-state index in [9.17, 15) is 19.5 Å². The molecule has 0 aliphatic heterocycles. The lowest BCUT2D eigenvalue weighted by Gasteiger charge is -2.25. The molecular weight excluding hydrogens is 1100 g/mol. The van der Waals surface area contributed by atoms with Gasteiger partial charge in [-0.1, -0.05) is 272 Å². The molecule has 0 saturated heterocycles. The first-order chi connectivity index (χ1) is 43.6. The van der Waals surface area contributed by atoms with Crippen molar-refractivity contribution in [1.82, 2.24) is 0 Å². The zero-order valence-electron chi connectivity index (χ0n) is 56.8. The fraction of sp³-hybridized carbons (Fsp3) is 0.562. The van der Waals surface area contributed by atoms with E-state index in [4.69, 9.17) is 18.9 Å². The molecule has 0 spiro atoms. The number of carboxylic acid groups (broad SMARTS) is 1. The van der Waals surface area contributed by atoms with Gasteiger partial charge in [0.2, 0.25) is 0 Å². The van der Waals surface area contributed by atoms with E-state index in [-0.39, 0.29) is 38.6 Å². The molecule has 0 heterocycles.